The van der Waals surface area contributed by atoms with Gasteiger partial charge in [0, 0.05) is 12.6 Å². The van der Waals surface area contributed by atoms with E-state index in [1.54, 1.807) is 12.1 Å². The van der Waals surface area contributed by atoms with Crippen LogP contribution in [0.5, 0.6) is 0 Å². The predicted molar refractivity (Wildman–Crippen MR) is 70.5 cm³/mol. The third kappa shape index (κ3) is 3.42. The molecule has 1 aromatic rings. The molecule has 0 aromatic carbocycles. The summed E-state index contributed by atoms with van der Waals surface area (Å²) in [5.41, 5.74) is 0.379. The van der Waals surface area contributed by atoms with Gasteiger partial charge < -0.3 is 10.6 Å². The second-order valence-electron chi connectivity index (χ2n) is 4.83. The summed E-state index contributed by atoms with van der Waals surface area (Å²) in [7, 11) is 0. The summed E-state index contributed by atoms with van der Waals surface area (Å²) in [6.45, 7) is 4.99. The number of hydrogen-bond donors (Lipinski definition) is 2. The van der Waals surface area contributed by atoms with Crippen molar-refractivity contribution in [3.8, 4) is 0 Å². The summed E-state index contributed by atoms with van der Waals surface area (Å²) in [4.78, 5) is 11.9. The zero-order chi connectivity index (χ0) is 13.0. The lowest BCUT2D eigenvalue weighted by atomic mass is 10.2. The lowest BCUT2D eigenvalue weighted by molar-refractivity contribution is 0.0930. The molecular formula is C13H20N4O. The molecule has 5 heteroatoms. The molecule has 1 heterocycles. The van der Waals surface area contributed by atoms with E-state index < -0.39 is 0 Å². The molecule has 1 saturated carbocycles. The molecule has 0 radical (unpaired) electrons. The molecule has 1 fully saturated rings. The minimum absolute atomic E-state index is 0.135. The summed E-state index contributed by atoms with van der Waals surface area (Å²) in [5.74, 6) is 1.22. The van der Waals surface area contributed by atoms with Crippen LogP contribution >= 0.6 is 0 Å². The van der Waals surface area contributed by atoms with Crippen LogP contribution in [0.15, 0.2) is 12.1 Å². The molecule has 2 rings (SSSR count). The molecule has 0 bridgehead atoms. The molecule has 1 aliphatic carbocycles. The van der Waals surface area contributed by atoms with Crippen molar-refractivity contribution in [1.82, 2.24) is 15.5 Å². The van der Waals surface area contributed by atoms with Crippen molar-refractivity contribution < 1.29 is 4.79 Å². The number of nitrogens with zero attached hydrogens (tertiary/aromatic N) is 2. The quantitative estimate of drug-likeness (QED) is 0.806. The fraction of sp³-hybridized carbons (Fsp3) is 0.615. The van der Waals surface area contributed by atoms with Crippen LogP contribution in [0, 0.1) is 5.92 Å². The summed E-state index contributed by atoms with van der Waals surface area (Å²) < 4.78 is 0. The number of rotatable bonds is 6. The Balaban J connectivity index is 1.89. The Hall–Kier alpha value is -1.65. The first-order valence-corrected chi connectivity index (χ1v) is 6.59. The van der Waals surface area contributed by atoms with Crippen molar-refractivity contribution in [2.45, 2.75) is 39.2 Å². The molecule has 1 unspecified atom stereocenters. The number of hydrogen-bond acceptors (Lipinski definition) is 4. The average molecular weight is 248 g/mol. The Morgan fingerprint density at radius 2 is 2.22 bits per heavy atom. The molecule has 0 spiro atoms. The van der Waals surface area contributed by atoms with Gasteiger partial charge in [0.2, 0.25) is 0 Å². The van der Waals surface area contributed by atoms with Gasteiger partial charge in [-0.05, 0) is 44.2 Å². The van der Waals surface area contributed by atoms with Crippen molar-refractivity contribution in [1.29, 1.82) is 0 Å². The third-order valence-electron chi connectivity index (χ3n) is 3.14. The van der Waals surface area contributed by atoms with E-state index in [1.165, 1.54) is 12.8 Å². The van der Waals surface area contributed by atoms with Gasteiger partial charge in [0.05, 0.1) is 0 Å². The summed E-state index contributed by atoms with van der Waals surface area (Å²) >= 11 is 0. The van der Waals surface area contributed by atoms with E-state index in [0.717, 1.165) is 13.0 Å². The Morgan fingerprint density at radius 3 is 2.78 bits per heavy atom. The van der Waals surface area contributed by atoms with E-state index in [4.69, 9.17) is 0 Å². The third-order valence-corrected chi connectivity index (χ3v) is 3.14. The number of carbonyl (C=O) groups excluding carboxylic acids is 1. The maximum Gasteiger partial charge on any atom is 0.272 e. The smallest absolute Gasteiger partial charge is 0.272 e. The van der Waals surface area contributed by atoms with Crippen molar-refractivity contribution in [3.05, 3.63) is 17.8 Å². The van der Waals surface area contributed by atoms with Gasteiger partial charge in [-0.15, -0.1) is 10.2 Å². The fourth-order valence-corrected chi connectivity index (χ4v) is 1.80. The summed E-state index contributed by atoms with van der Waals surface area (Å²) in [5, 5.41) is 14.0. The van der Waals surface area contributed by atoms with Gasteiger partial charge in [0.1, 0.15) is 5.82 Å². The molecule has 1 aliphatic rings. The molecule has 0 saturated heterocycles. The van der Waals surface area contributed by atoms with E-state index in [0.29, 0.717) is 17.4 Å². The highest BCUT2D eigenvalue weighted by atomic mass is 16.2. The average Bonchev–Trinajstić information content (AvgIpc) is 3.21. The number of amides is 1. The SMILES string of the molecule is CCCNc1ccc(C(=O)NC(C)C2CC2)nn1. The highest BCUT2D eigenvalue weighted by Gasteiger charge is 2.29. The van der Waals surface area contributed by atoms with Gasteiger partial charge >= 0.3 is 0 Å². The van der Waals surface area contributed by atoms with Gasteiger partial charge in [-0.1, -0.05) is 6.92 Å². The van der Waals surface area contributed by atoms with Crippen molar-refractivity contribution in [3.63, 3.8) is 0 Å². The van der Waals surface area contributed by atoms with Crippen LogP contribution in [-0.4, -0.2) is 28.7 Å². The van der Waals surface area contributed by atoms with Crippen LogP contribution in [0.3, 0.4) is 0 Å². The lowest BCUT2D eigenvalue weighted by Gasteiger charge is -2.12. The maximum atomic E-state index is 11.9. The minimum Gasteiger partial charge on any atom is -0.369 e. The normalized spacial score (nSPS) is 16.1. The maximum absolute atomic E-state index is 11.9. The lowest BCUT2D eigenvalue weighted by Crippen LogP contribution is -2.34. The molecule has 0 aliphatic heterocycles. The van der Waals surface area contributed by atoms with E-state index in [2.05, 4.69) is 27.8 Å². The molecule has 1 atom stereocenters. The van der Waals surface area contributed by atoms with E-state index in [-0.39, 0.29) is 11.9 Å². The predicted octanol–water partition coefficient (Wildman–Crippen LogP) is 1.83. The standard InChI is InChI=1S/C13H20N4O/c1-3-8-14-12-7-6-11(16-17-12)13(18)15-9(2)10-4-5-10/h6-7,9-10H,3-5,8H2,1-2H3,(H,14,17)(H,15,18). The second kappa shape index (κ2) is 5.80. The van der Waals surface area contributed by atoms with Crippen molar-refractivity contribution in [2.24, 2.45) is 5.92 Å². The molecule has 1 aromatic heterocycles. The van der Waals surface area contributed by atoms with Gasteiger partial charge in [0.25, 0.3) is 5.91 Å². The number of anilines is 1. The minimum atomic E-state index is -0.135. The first-order valence-electron chi connectivity index (χ1n) is 6.59. The zero-order valence-electron chi connectivity index (χ0n) is 10.9. The highest BCUT2D eigenvalue weighted by Crippen LogP contribution is 2.32. The van der Waals surface area contributed by atoms with Crippen LogP contribution in [0.25, 0.3) is 0 Å². The van der Waals surface area contributed by atoms with Gasteiger partial charge in [0.15, 0.2) is 5.69 Å². The van der Waals surface area contributed by atoms with E-state index in [9.17, 15) is 4.79 Å². The van der Waals surface area contributed by atoms with Crippen LogP contribution in [0.1, 0.15) is 43.6 Å². The van der Waals surface area contributed by atoms with Crippen LogP contribution in [0.4, 0.5) is 5.82 Å². The Labute approximate surface area is 107 Å². The molecule has 5 nitrogen and oxygen atoms in total. The van der Waals surface area contributed by atoms with Crippen LogP contribution < -0.4 is 10.6 Å². The first kappa shape index (κ1) is 12.8. The fourth-order valence-electron chi connectivity index (χ4n) is 1.80. The first-order chi connectivity index (χ1) is 8.70. The number of aromatic nitrogens is 2. The van der Waals surface area contributed by atoms with Gasteiger partial charge in [-0.25, -0.2) is 0 Å². The second-order valence-corrected chi connectivity index (χ2v) is 4.83. The number of carbonyl (C=O) groups is 1. The Kier molecular flexibility index (Phi) is 4.12. The molecule has 1 amide bonds. The molecular weight excluding hydrogens is 228 g/mol. The summed E-state index contributed by atoms with van der Waals surface area (Å²) in [6.07, 6.45) is 3.46. The topological polar surface area (TPSA) is 66.9 Å². The van der Waals surface area contributed by atoms with E-state index in [1.807, 2.05) is 6.92 Å². The number of nitrogens with one attached hydrogen (secondary N) is 2. The molecule has 2 N–H and O–H groups in total. The monoisotopic (exact) mass is 248 g/mol. The van der Waals surface area contributed by atoms with Crippen molar-refractivity contribution in [2.75, 3.05) is 11.9 Å². The van der Waals surface area contributed by atoms with Crippen LogP contribution in [-0.2, 0) is 0 Å². The van der Waals surface area contributed by atoms with Gasteiger partial charge in [-0.2, -0.15) is 0 Å². The van der Waals surface area contributed by atoms with E-state index >= 15 is 0 Å². The van der Waals surface area contributed by atoms with Crippen molar-refractivity contribution >= 4 is 11.7 Å². The van der Waals surface area contributed by atoms with Crippen LogP contribution in [0.2, 0.25) is 0 Å². The zero-order valence-corrected chi connectivity index (χ0v) is 10.9. The summed E-state index contributed by atoms with van der Waals surface area (Å²) in [6, 6.07) is 3.73. The highest BCUT2D eigenvalue weighted by molar-refractivity contribution is 5.92. The van der Waals surface area contributed by atoms with Gasteiger partial charge in [-0.3, -0.25) is 4.79 Å². The largest absolute Gasteiger partial charge is 0.369 e. The Bertz CT molecular complexity index is 400. The molecule has 18 heavy (non-hydrogen) atoms. The Morgan fingerprint density at radius 1 is 1.44 bits per heavy atom. The molecule has 98 valence electrons.